The van der Waals surface area contributed by atoms with E-state index in [0.29, 0.717) is 6.04 Å². The van der Waals surface area contributed by atoms with Crippen molar-refractivity contribution in [1.29, 1.82) is 0 Å². The van der Waals surface area contributed by atoms with Crippen LogP contribution < -0.4 is 0 Å². The van der Waals surface area contributed by atoms with E-state index in [1.54, 1.807) is 0 Å². The van der Waals surface area contributed by atoms with E-state index in [1.165, 1.54) is 18.4 Å². The zero-order valence-electron chi connectivity index (χ0n) is 8.74. The largest absolute Gasteiger partial charge is 0.292 e. The molecule has 2 nitrogen and oxygen atoms in total. The number of hydrogen-bond acceptors (Lipinski definition) is 2. The Bertz CT molecular complexity index is 389. The minimum Gasteiger partial charge on any atom is -0.292 e. The molecule has 2 aliphatic rings. The van der Waals surface area contributed by atoms with Crippen molar-refractivity contribution in [2.75, 3.05) is 7.05 Å². The third kappa shape index (κ3) is 1.57. The van der Waals surface area contributed by atoms with E-state index in [-0.39, 0.29) is 5.60 Å². The second-order valence-corrected chi connectivity index (χ2v) is 4.97. The molecule has 0 bridgehead atoms. The van der Waals surface area contributed by atoms with Gasteiger partial charge in [0.05, 0.1) is 11.6 Å². The van der Waals surface area contributed by atoms with Crippen LogP contribution in [0.3, 0.4) is 0 Å². The lowest BCUT2D eigenvalue weighted by atomic mass is 10.0. The van der Waals surface area contributed by atoms with Crippen LogP contribution >= 0.6 is 11.6 Å². The number of hydrogen-bond donors (Lipinski definition) is 0. The molecular weight excluding hydrogens is 210 g/mol. The SMILES string of the molecule is CN1OC2(CC2)CC1c1ccccc1Cl. The summed E-state index contributed by atoms with van der Waals surface area (Å²) in [6.45, 7) is 0. The molecule has 2 fully saturated rings. The van der Waals surface area contributed by atoms with Crippen molar-refractivity contribution in [3.8, 4) is 0 Å². The topological polar surface area (TPSA) is 12.5 Å². The molecule has 1 aliphatic carbocycles. The van der Waals surface area contributed by atoms with Gasteiger partial charge in [-0.15, -0.1) is 0 Å². The Morgan fingerprint density at radius 1 is 1.40 bits per heavy atom. The molecule has 1 heterocycles. The van der Waals surface area contributed by atoms with Crippen molar-refractivity contribution in [2.45, 2.75) is 30.9 Å². The summed E-state index contributed by atoms with van der Waals surface area (Å²) < 4.78 is 0. The Balaban J connectivity index is 1.91. The van der Waals surface area contributed by atoms with E-state index in [0.717, 1.165) is 11.4 Å². The lowest BCUT2D eigenvalue weighted by Crippen LogP contribution is -2.17. The standard InChI is InChI=1S/C12H14ClNO/c1-14-11(8-12(15-14)6-7-12)9-4-2-3-5-10(9)13/h2-5,11H,6-8H2,1H3. The highest BCUT2D eigenvalue weighted by Crippen LogP contribution is 2.54. The van der Waals surface area contributed by atoms with Gasteiger partial charge in [-0.05, 0) is 24.5 Å². The zero-order valence-corrected chi connectivity index (χ0v) is 9.50. The Hall–Kier alpha value is -0.570. The van der Waals surface area contributed by atoms with Gasteiger partial charge < -0.3 is 0 Å². The van der Waals surface area contributed by atoms with Crippen LogP contribution in [0.15, 0.2) is 24.3 Å². The molecule has 1 aliphatic heterocycles. The Kier molecular flexibility index (Phi) is 2.06. The molecule has 0 N–H and O–H groups in total. The second-order valence-electron chi connectivity index (χ2n) is 4.56. The fraction of sp³-hybridized carbons (Fsp3) is 0.500. The molecule has 1 aromatic rings. The summed E-state index contributed by atoms with van der Waals surface area (Å²) in [6, 6.07) is 8.36. The minimum absolute atomic E-state index is 0.151. The van der Waals surface area contributed by atoms with E-state index in [2.05, 4.69) is 6.07 Å². The zero-order chi connectivity index (χ0) is 10.5. The van der Waals surface area contributed by atoms with Crippen LogP contribution in [0.25, 0.3) is 0 Å². The number of hydroxylamine groups is 2. The van der Waals surface area contributed by atoms with Gasteiger partial charge in [-0.1, -0.05) is 29.8 Å². The first-order valence-electron chi connectivity index (χ1n) is 5.37. The van der Waals surface area contributed by atoms with Gasteiger partial charge in [-0.2, -0.15) is 5.06 Å². The highest BCUT2D eigenvalue weighted by molar-refractivity contribution is 6.31. The van der Waals surface area contributed by atoms with Crippen LogP contribution in [0.5, 0.6) is 0 Å². The van der Waals surface area contributed by atoms with Crippen molar-refractivity contribution >= 4 is 11.6 Å². The first kappa shape index (κ1) is 9.64. The molecular formula is C12H14ClNO. The summed E-state index contributed by atoms with van der Waals surface area (Å²) in [4.78, 5) is 5.86. The van der Waals surface area contributed by atoms with Crippen molar-refractivity contribution in [3.05, 3.63) is 34.9 Å². The molecule has 3 heteroatoms. The quantitative estimate of drug-likeness (QED) is 0.725. The summed E-state index contributed by atoms with van der Waals surface area (Å²) in [5.41, 5.74) is 1.34. The number of benzene rings is 1. The lowest BCUT2D eigenvalue weighted by Gasteiger charge is -2.18. The van der Waals surface area contributed by atoms with E-state index in [1.807, 2.05) is 30.3 Å². The van der Waals surface area contributed by atoms with Crippen LogP contribution in [0.4, 0.5) is 0 Å². The molecule has 0 aromatic heterocycles. The summed E-state index contributed by atoms with van der Waals surface area (Å²) in [5.74, 6) is 0. The van der Waals surface area contributed by atoms with Gasteiger partial charge in [0.1, 0.15) is 0 Å². The normalized spacial score (nSPS) is 28.5. The van der Waals surface area contributed by atoms with Crippen molar-refractivity contribution in [3.63, 3.8) is 0 Å². The molecule has 0 radical (unpaired) electrons. The predicted octanol–water partition coefficient (Wildman–Crippen LogP) is 3.18. The average molecular weight is 224 g/mol. The van der Waals surface area contributed by atoms with Gasteiger partial charge in [0.15, 0.2) is 0 Å². The maximum Gasteiger partial charge on any atom is 0.0921 e. The molecule has 1 atom stereocenters. The van der Waals surface area contributed by atoms with Gasteiger partial charge in [0, 0.05) is 18.5 Å². The molecule has 1 aromatic carbocycles. The molecule has 1 spiro atoms. The van der Waals surface area contributed by atoms with Gasteiger partial charge in [-0.3, -0.25) is 4.84 Å². The number of nitrogens with zero attached hydrogens (tertiary/aromatic N) is 1. The van der Waals surface area contributed by atoms with Crippen LogP contribution in [0.2, 0.25) is 5.02 Å². The van der Waals surface area contributed by atoms with E-state index >= 15 is 0 Å². The molecule has 15 heavy (non-hydrogen) atoms. The maximum atomic E-state index is 6.20. The Morgan fingerprint density at radius 3 is 2.73 bits per heavy atom. The predicted molar refractivity (Wildman–Crippen MR) is 59.6 cm³/mol. The van der Waals surface area contributed by atoms with Gasteiger partial charge in [0.2, 0.25) is 0 Å². The summed E-state index contributed by atoms with van der Waals surface area (Å²) in [6.07, 6.45) is 3.46. The molecule has 1 unspecified atom stereocenters. The van der Waals surface area contributed by atoms with Crippen molar-refractivity contribution < 1.29 is 4.84 Å². The first-order valence-corrected chi connectivity index (χ1v) is 5.74. The third-order valence-corrected chi connectivity index (χ3v) is 3.76. The smallest absolute Gasteiger partial charge is 0.0921 e. The maximum absolute atomic E-state index is 6.20. The van der Waals surface area contributed by atoms with E-state index in [9.17, 15) is 0 Å². The van der Waals surface area contributed by atoms with Crippen molar-refractivity contribution in [2.24, 2.45) is 0 Å². The second kappa shape index (κ2) is 3.21. The fourth-order valence-electron chi connectivity index (χ4n) is 2.37. The van der Waals surface area contributed by atoms with Crippen LogP contribution in [-0.2, 0) is 4.84 Å². The Morgan fingerprint density at radius 2 is 2.13 bits per heavy atom. The molecule has 80 valence electrons. The monoisotopic (exact) mass is 223 g/mol. The Labute approximate surface area is 94.7 Å². The summed E-state index contributed by atoms with van der Waals surface area (Å²) in [7, 11) is 2.00. The highest BCUT2D eigenvalue weighted by Gasteiger charge is 2.53. The fourth-order valence-corrected chi connectivity index (χ4v) is 2.63. The summed E-state index contributed by atoms with van der Waals surface area (Å²) >= 11 is 6.20. The number of halogens is 1. The third-order valence-electron chi connectivity index (χ3n) is 3.41. The van der Waals surface area contributed by atoms with Crippen LogP contribution in [0.1, 0.15) is 30.9 Å². The molecule has 3 rings (SSSR count). The van der Waals surface area contributed by atoms with E-state index < -0.39 is 0 Å². The highest BCUT2D eigenvalue weighted by atomic mass is 35.5. The number of rotatable bonds is 1. The van der Waals surface area contributed by atoms with Gasteiger partial charge >= 0.3 is 0 Å². The van der Waals surface area contributed by atoms with Crippen LogP contribution in [0, 0.1) is 0 Å². The first-order chi connectivity index (χ1) is 7.20. The van der Waals surface area contributed by atoms with Gasteiger partial charge in [-0.25, -0.2) is 0 Å². The molecule has 1 saturated carbocycles. The molecule has 1 saturated heterocycles. The van der Waals surface area contributed by atoms with E-state index in [4.69, 9.17) is 16.4 Å². The van der Waals surface area contributed by atoms with Gasteiger partial charge in [0.25, 0.3) is 0 Å². The van der Waals surface area contributed by atoms with Crippen LogP contribution in [-0.4, -0.2) is 17.7 Å². The minimum atomic E-state index is 0.151. The molecule has 0 amide bonds. The summed E-state index contributed by atoms with van der Waals surface area (Å²) in [5, 5.41) is 2.81. The van der Waals surface area contributed by atoms with Crippen molar-refractivity contribution in [1.82, 2.24) is 5.06 Å². The average Bonchev–Trinajstić information content (AvgIpc) is 2.87. The lowest BCUT2D eigenvalue weighted by molar-refractivity contribution is -0.154.